The molecule has 17 heavy (non-hydrogen) atoms. The van der Waals surface area contributed by atoms with Gasteiger partial charge >= 0.3 is 6.18 Å². The number of anilines is 1. The number of ether oxygens (including phenoxy) is 1. The Labute approximate surface area is 105 Å². The first-order valence-electron chi connectivity index (χ1n) is 4.66. The minimum absolute atomic E-state index is 0.114. The number of methoxy groups -OCH3 is 1. The van der Waals surface area contributed by atoms with Gasteiger partial charge in [0.2, 0.25) is 0 Å². The molecule has 0 saturated heterocycles. The summed E-state index contributed by atoms with van der Waals surface area (Å²) in [5, 5.41) is 2.70. The van der Waals surface area contributed by atoms with Gasteiger partial charge in [-0.1, -0.05) is 0 Å². The molecule has 0 aliphatic rings. The Bertz CT molecular complexity index is 398. The van der Waals surface area contributed by atoms with Gasteiger partial charge in [-0.05, 0) is 15.9 Å². The highest BCUT2D eigenvalue weighted by atomic mass is 79.9. The molecule has 1 aromatic rings. The van der Waals surface area contributed by atoms with E-state index >= 15 is 0 Å². The minimum atomic E-state index is -4.33. The second kappa shape index (κ2) is 5.63. The van der Waals surface area contributed by atoms with Crippen LogP contribution in [-0.2, 0) is 17.8 Å². The SMILES string of the molecule is CNc1nc(CC(F)(F)F)nc(COC)c1Br. The maximum absolute atomic E-state index is 12.3. The number of rotatable bonds is 4. The number of nitrogens with zero attached hydrogens (tertiary/aromatic N) is 2. The first-order chi connectivity index (χ1) is 7.87. The lowest BCUT2D eigenvalue weighted by Crippen LogP contribution is -2.16. The van der Waals surface area contributed by atoms with Crippen molar-refractivity contribution in [1.29, 1.82) is 0 Å². The number of alkyl halides is 3. The van der Waals surface area contributed by atoms with Gasteiger partial charge in [0.05, 0.1) is 16.8 Å². The largest absolute Gasteiger partial charge is 0.396 e. The molecule has 0 aliphatic carbocycles. The Morgan fingerprint density at radius 3 is 2.47 bits per heavy atom. The van der Waals surface area contributed by atoms with Crippen molar-refractivity contribution < 1.29 is 17.9 Å². The van der Waals surface area contributed by atoms with Crippen LogP contribution in [0.4, 0.5) is 19.0 Å². The van der Waals surface area contributed by atoms with Crippen molar-refractivity contribution in [2.75, 3.05) is 19.5 Å². The van der Waals surface area contributed by atoms with Crippen LogP contribution in [0, 0.1) is 0 Å². The van der Waals surface area contributed by atoms with Crippen LogP contribution in [0.1, 0.15) is 11.5 Å². The molecular formula is C9H11BrF3N3O. The average molecular weight is 314 g/mol. The first-order valence-corrected chi connectivity index (χ1v) is 5.45. The molecule has 1 rings (SSSR count). The van der Waals surface area contributed by atoms with Crippen molar-refractivity contribution in [2.45, 2.75) is 19.2 Å². The Kier molecular flexibility index (Phi) is 4.70. The molecular weight excluding hydrogens is 303 g/mol. The number of hydrogen-bond donors (Lipinski definition) is 1. The molecule has 0 unspecified atom stereocenters. The van der Waals surface area contributed by atoms with Gasteiger partial charge in [-0.3, -0.25) is 0 Å². The molecule has 4 nitrogen and oxygen atoms in total. The monoisotopic (exact) mass is 313 g/mol. The lowest BCUT2D eigenvalue weighted by Gasteiger charge is -2.11. The van der Waals surface area contributed by atoms with Crippen molar-refractivity contribution in [2.24, 2.45) is 0 Å². The minimum Gasteiger partial charge on any atom is -0.378 e. The van der Waals surface area contributed by atoms with E-state index in [9.17, 15) is 13.2 Å². The van der Waals surface area contributed by atoms with Crippen molar-refractivity contribution in [3.05, 3.63) is 16.0 Å². The van der Waals surface area contributed by atoms with Gasteiger partial charge in [-0.2, -0.15) is 13.2 Å². The first kappa shape index (κ1) is 14.2. The van der Waals surface area contributed by atoms with Crippen molar-refractivity contribution in [3.63, 3.8) is 0 Å². The van der Waals surface area contributed by atoms with E-state index in [0.29, 0.717) is 16.0 Å². The number of halogens is 4. The van der Waals surface area contributed by atoms with Crippen LogP contribution in [0.15, 0.2) is 4.47 Å². The molecule has 0 spiro atoms. The van der Waals surface area contributed by atoms with E-state index < -0.39 is 12.6 Å². The normalized spacial score (nSPS) is 11.6. The number of nitrogens with one attached hydrogen (secondary N) is 1. The van der Waals surface area contributed by atoms with E-state index in [4.69, 9.17) is 4.74 Å². The number of aromatic nitrogens is 2. The molecule has 0 amide bonds. The molecule has 1 N–H and O–H groups in total. The summed E-state index contributed by atoms with van der Waals surface area (Å²) in [6.07, 6.45) is -5.49. The van der Waals surface area contributed by atoms with E-state index in [2.05, 4.69) is 31.2 Å². The Morgan fingerprint density at radius 2 is 2.00 bits per heavy atom. The second-order valence-electron chi connectivity index (χ2n) is 3.22. The summed E-state index contributed by atoms with van der Waals surface area (Å²) < 4.78 is 42.1. The highest BCUT2D eigenvalue weighted by Gasteiger charge is 2.30. The van der Waals surface area contributed by atoms with Crippen molar-refractivity contribution in [3.8, 4) is 0 Å². The molecule has 0 fully saturated rings. The van der Waals surface area contributed by atoms with Gasteiger partial charge in [-0.25, -0.2) is 9.97 Å². The topological polar surface area (TPSA) is 47.0 Å². The van der Waals surface area contributed by atoms with Gasteiger partial charge in [0.1, 0.15) is 18.1 Å². The molecule has 0 bridgehead atoms. The third-order valence-corrected chi connectivity index (χ3v) is 2.68. The van der Waals surface area contributed by atoms with Gasteiger partial charge in [0.25, 0.3) is 0 Å². The van der Waals surface area contributed by atoms with Crippen LogP contribution >= 0.6 is 15.9 Å². The second-order valence-corrected chi connectivity index (χ2v) is 4.02. The summed E-state index contributed by atoms with van der Waals surface area (Å²) in [6.45, 7) is 0.114. The highest BCUT2D eigenvalue weighted by Crippen LogP contribution is 2.26. The molecule has 8 heteroatoms. The fraction of sp³-hybridized carbons (Fsp3) is 0.556. The fourth-order valence-electron chi connectivity index (χ4n) is 1.20. The Hall–Kier alpha value is -0.890. The molecule has 1 aromatic heterocycles. The fourth-order valence-corrected chi connectivity index (χ4v) is 1.69. The van der Waals surface area contributed by atoms with Crippen LogP contribution in [0.25, 0.3) is 0 Å². The summed E-state index contributed by atoms with van der Waals surface area (Å²) in [5.74, 6) is 0.0309. The van der Waals surface area contributed by atoms with Crippen LogP contribution in [0.5, 0.6) is 0 Å². The molecule has 0 saturated carbocycles. The smallest absolute Gasteiger partial charge is 0.378 e. The summed E-state index contributed by atoms with van der Waals surface area (Å²) in [6, 6.07) is 0. The third kappa shape index (κ3) is 4.12. The van der Waals surface area contributed by atoms with E-state index in [1.54, 1.807) is 7.05 Å². The van der Waals surface area contributed by atoms with E-state index in [1.165, 1.54) is 7.11 Å². The maximum Gasteiger partial charge on any atom is 0.396 e. The lowest BCUT2D eigenvalue weighted by atomic mass is 10.3. The average Bonchev–Trinajstić information content (AvgIpc) is 2.20. The number of hydrogen-bond acceptors (Lipinski definition) is 4. The zero-order valence-corrected chi connectivity index (χ0v) is 10.8. The van der Waals surface area contributed by atoms with Crippen molar-refractivity contribution >= 4 is 21.7 Å². The van der Waals surface area contributed by atoms with Gasteiger partial charge in [-0.15, -0.1) is 0 Å². The van der Waals surface area contributed by atoms with Gasteiger partial charge in [0.15, 0.2) is 0 Å². The Morgan fingerprint density at radius 1 is 1.35 bits per heavy atom. The lowest BCUT2D eigenvalue weighted by molar-refractivity contribution is -0.128. The zero-order valence-electron chi connectivity index (χ0n) is 9.23. The Balaban J connectivity index is 3.11. The highest BCUT2D eigenvalue weighted by molar-refractivity contribution is 9.10. The summed E-state index contributed by atoms with van der Waals surface area (Å²) in [4.78, 5) is 7.59. The van der Waals surface area contributed by atoms with Gasteiger partial charge in [0, 0.05) is 14.2 Å². The zero-order chi connectivity index (χ0) is 13.1. The van der Waals surface area contributed by atoms with Crippen LogP contribution in [0.2, 0.25) is 0 Å². The van der Waals surface area contributed by atoms with Crippen LogP contribution in [-0.4, -0.2) is 30.3 Å². The predicted octanol–water partition coefficient (Wildman–Crippen LogP) is 2.53. The quantitative estimate of drug-likeness (QED) is 0.928. The van der Waals surface area contributed by atoms with Crippen LogP contribution in [0.3, 0.4) is 0 Å². The van der Waals surface area contributed by atoms with Crippen molar-refractivity contribution in [1.82, 2.24) is 9.97 Å². The summed E-state index contributed by atoms with van der Waals surface area (Å²) >= 11 is 3.21. The molecule has 0 radical (unpaired) electrons. The van der Waals surface area contributed by atoms with Crippen LogP contribution < -0.4 is 5.32 Å². The predicted molar refractivity (Wildman–Crippen MR) is 59.8 cm³/mol. The standard InChI is InChI=1S/C9H11BrF3N3O/c1-14-8-7(10)5(4-17-2)15-6(16-8)3-9(11,12)13/h3-4H2,1-2H3,(H,14,15,16). The van der Waals surface area contributed by atoms with E-state index in [1.807, 2.05) is 0 Å². The third-order valence-electron chi connectivity index (χ3n) is 1.84. The maximum atomic E-state index is 12.3. The molecule has 0 atom stereocenters. The molecule has 0 aromatic carbocycles. The molecule has 96 valence electrons. The summed E-state index contributed by atoms with van der Waals surface area (Å²) in [5.41, 5.74) is 0.381. The van der Waals surface area contributed by atoms with E-state index in [0.717, 1.165) is 0 Å². The van der Waals surface area contributed by atoms with E-state index in [-0.39, 0.29) is 12.4 Å². The molecule has 0 aliphatic heterocycles. The molecule has 1 heterocycles. The summed E-state index contributed by atoms with van der Waals surface area (Å²) in [7, 11) is 3.01. The van der Waals surface area contributed by atoms with Gasteiger partial charge < -0.3 is 10.1 Å².